The van der Waals surface area contributed by atoms with Gasteiger partial charge in [-0.25, -0.2) is 23.1 Å². The number of carbonyl (C=O) groups is 1. The number of benzene rings is 2. The molecule has 152 valence electrons. The van der Waals surface area contributed by atoms with Gasteiger partial charge >= 0.3 is 0 Å². The minimum atomic E-state index is -3.63. The Morgan fingerprint density at radius 3 is 2.28 bits per heavy atom. The van der Waals surface area contributed by atoms with E-state index in [-0.39, 0.29) is 23.9 Å². The second-order valence-corrected chi connectivity index (χ2v) is 8.76. The molecule has 1 amide bonds. The Kier molecular flexibility index (Phi) is 5.95. The molecule has 2 aromatic carbocycles. The highest BCUT2D eigenvalue weighted by Crippen LogP contribution is 2.16. The van der Waals surface area contributed by atoms with Crippen molar-refractivity contribution in [3.05, 3.63) is 64.5 Å². The molecule has 0 fully saturated rings. The molecule has 2 N–H and O–H groups in total. The third-order valence-corrected chi connectivity index (χ3v) is 6.28. The first-order valence-corrected chi connectivity index (χ1v) is 10.8. The van der Waals surface area contributed by atoms with Gasteiger partial charge in [-0.15, -0.1) is 0 Å². The van der Waals surface area contributed by atoms with Crippen molar-refractivity contribution in [2.75, 3.05) is 13.1 Å². The van der Waals surface area contributed by atoms with Crippen LogP contribution in [0.5, 0.6) is 0 Å². The molecule has 0 saturated heterocycles. The lowest BCUT2D eigenvalue weighted by atomic mass is 10.1. The maximum absolute atomic E-state index is 12.4. The summed E-state index contributed by atoms with van der Waals surface area (Å²) in [7, 11) is -3.63. The molecule has 0 aliphatic carbocycles. The van der Waals surface area contributed by atoms with Crippen molar-refractivity contribution in [2.24, 2.45) is 0 Å². The molecule has 0 unspecified atom stereocenters. The summed E-state index contributed by atoms with van der Waals surface area (Å²) in [6.45, 7) is 7.69. The van der Waals surface area contributed by atoms with E-state index in [4.69, 9.17) is 0 Å². The number of aryl methyl sites for hydroxylation is 4. The Morgan fingerprint density at radius 2 is 1.59 bits per heavy atom. The molecule has 0 atom stereocenters. The Balaban J connectivity index is 1.61. The van der Waals surface area contributed by atoms with Crippen LogP contribution in [0.3, 0.4) is 0 Å². The van der Waals surface area contributed by atoms with Gasteiger partial charge in [0, 0.05) is 18.7 Å². The summed E-state index contributed by atoms with van der Waals surface area (Å²) in [4.78, 5) is 21.5. The SMILES string of the molecule is Cc1ccc(S(=O)(=O)NCCNC(=O)c2ccc3nc(C)c(C)nc3c2)c(C)c1. The highest BCUT2D eigenvalue weighted by Gasteiger charge is 2.16. The zero-order chi connectivity index (χ0) is 21.2. The average Bonchev–Trinajstić information content (AvgIpc) is 2.65. The van der Waals surface area contributed by atoms with E-state index >= 15 is 0 Å². The summed E-state index contributed by atoms with van der Waals surface area (Å²) in [6, 6.07) is 10.3. The molecule has 0 radical (unpaired) electrons. The van der Waals surface area contributed by atoms with Gasteiger partial charge in [0.2, 0.25) is 10.0 Å². The minimum absolute atomic E-state index is 0.0904. The smallest absolute Gasteiger partial charge is 0.251 e. The second-order valence-electron chi connectivity index (χ2n) is 7.02. The number of fused-ring (bicyclic) bond motifs is 1. The normalized spacial score (nSPS) is 11.6. The fourth-order valence-corrected chi connectivity index (χ4v) is 4.27. The van der Waals surface area contributed by atoms with Crippen molar-refractivity contribution < 1.29 is 13.2 Å². The van der Waals surface area contributed by atoms with E-state index in [1.165, 1.54) is 0 Å². The molecule has 0 bridgehead atoms. The molecule has 0 aliphatic rings. The number of carbonyl (C=O) groups excluding carboxylic acids is 1. The standard InChI is InChI=1S/C21H24N4O3S/c1-13-5-8-20(14(2)11-13)29(27,28)23-10-9-22-21(26)17-6-7-18-19(12-17)25-16(4)15(3)24-18/h5-8,11-12,23H,9-10H2,1-4H3,(H,22,26). The van der Waals surface area contributed by atoms with Gasteiger partial charge in [-0.1, -0.05) is 17.7 Å². The topological polar surface area (TPSA) is 101 Å². The number of amides is 1. The van der Waals surface area contributed by atoms with E-state index in [2.05, 4.69) is 20.0 Å². The molecule has 1 aromatic heterocycles. The number of hydrogen-bond donors (Lipinski definition) is 2. The number of aromatic nitrogens is 2. The third-order valence-electron chi connectivity index (χ3n) is 4.66. The summed E-state index contributed by atoms with van der Waals surface area (Å²) >= 11 is 0. The quantitative estimate of drug-likeness (QED) is 0.606. The van der Waals surface area contributed by atoms with Gasteiger partial charge in [-0.2, -0.15) is 0 Å². The number of nitrogens with zero attached hydrogens (tertiary/aromatic N) is 2. The fraction of sp³-hybridized carbons (Fsp3) is 0.286. The van der Waals surface area contributed by atoms with Gasteiger partial charge in [-0.05, 0) is 57.5 Å². The van der Waals surface area contributed by atoms with Crippen LogP contribution in [0, 0.1) is 27.7 Å². The average molecular weight is 413 g/mol. The van der Waals surface area contributed by atoms with E-state index < -0.39 is 10.0 Å². The van der Waals surface area contributed by atoms with Crippen molar-refractivity contribution in [1.82, 2.24) is 20.0 Å². The Labute approximate surface area is 170 Å². The van der Waals surface area contributed by atoms with Crippen LogP contribution in [0.15, 0.2) is 41.3 Å². The predicted octanol–water partition coefficient (Wildman–Crippen LogP) is 2.57. The van der Waals surface area contributed by atoms with Gasteiger partial charge in [0.25, 0.3) is 5.91 Å². The Hall–Kier alpha value is -2.84. The molecular weight excluding hydrogens is 388 g/mol. The van der Waals surface area contributed by atoms with Gasteiger partial charge in [-0.3, -0.25) is 4.79 Å². The third kappa shape index (κ3) is 4.78. The van der Waals surface area contributed by atoms with E-state index in [1.807, 2.05) is 26.8 Å². The number of hydrogen-bond acceptors (Lipinski definition) is 5. The van der Waals surface area contributed by atoms with E-state index in [0.29, 0.717) is 16.6 Å². The minimum Gasteiger partial charge on any atom is -0.351 e. The van der Waals surface area contributed by atoms with Crippen LogP contribution in [-0.4, -0.2) is 37.4 Å². The number of nitrogens with one attached hydrogen (secondary N) is 2. The van der Waals surface area contributed by atoms with Crippen LogP contribution >= 0.6 is 0 Å². The lowest BCUT2D eigenvalue weighted by Gasteiger charge is -2.11. The molecular formula is C21H24N4O3S. The van der Waals surface area contributed by atoms with E-state index in [0.717, 1.165) is 22.5 Å². The van der Waals surface area contributed by atoms with Crippen molar-refractivity contribution in [2.45, 2.75) is 32.6 Å². The zero-order valence-corrected chi connectivity index (χ0v) is 17.7. The second kappa shape index (κ2) is 8.26. The molecule has 0 spiro atoms. The van der Waals surface area contributed by atoms with Crippen molar-refractivity contribution >= 4 is 27.0 Å². The first-order chi connectivity index (χ1) is 13.7. The predicted molar refractivity (Wildman–Crippen MR) is 112 cm³/mol. The Bertz CT molecular complexity index is 1190. The molecule has 0 aliphatic heterocycles. The molecule has 0 saturated carbocycles. The number of rotatable bonds is 6. The van der Waals surface area contributed by atoms with Crippen LogP contribution in [-0.2, 0) is 10.0 Å². The summed E-state index contributed by atoms with van der Waals surface area (Å²) in [5, 5.41) is 2.72. The monoisotopic (exact) mass is 412 g/mol. The summed E-state index contributed by atoms with van der Waals surface area (Å²) in [5.41, 5.74) is 5.18. The van der Waals surface area contributed by atoms with E-state index in [1.54, 1.807) is 37.3 Å². The zero-order valence-electron chi connectivity index (χ0n) is 16.9. The Morgan fingerprint density at radius 1 is 0.897 bits per heavy atom. The lowest BCUT2D eigenvalue weighted by Crippen LogP contribution is -2.35. The maximum Gasteiger partial charge on any atom is 0.251 e. The van der Waals surface area contributed by atoms with Crippen LogP contribution in [0.4, 0.5) is 0 Å². The molecule has 3 rings (SSSR count). The fourth-order valence-electron chi connectivity index (χ4n) is 3.01. The maximum atomic E-state index is 12.4. The van der Waals surface area contributed by atoms with Gasteiger partial charge in [0.15, 0.2) is 0 Å². The van der Waals surface area contributed by atoms with Crippen molar-refractivity contribution in [3.8, 4) is 0 Å². The van der Waals surface area contributed by atoms with Gasteiger partial charge in [0.05, 0.1) is 27.3 Å². The first kappa shape index (κ1) is 20.9. The molecule has 29 heavy (non-hydrogen) atoms. The molecule has 3 aromatic rings. The highest BCUT2D eigenvalue weighted by molar-refractivity contribution is 7.89. The van der Waals surface area contributed by atoms with Gasteiger partial charge in [0.1, 0.15) is 0 Å². The van der Waals surface area contributed by atoms with E-state index in [9.17, 15) is 13.2 Å². The summed E-state index contributed by atoms with van der Waals surface area (Å²) in [5.74, 6) is -0.294. The van der Waals surface area contributed by atoms with Crippen LogP contribution in [0.2, 0.25) is 0 Å². The summed E-state index contributed by atoms with van der Waals surface area (Å²) in [6.07, 6.45) is 0. The van der Waals surface area contributed by atoms with Crippen molar-refractivity contribution in [3.63, 3.8) is 0 Å². The van der Waals surface area contributed by atoms with Crippen LogP contribution in [0.25, 0.3) is 11.0 Å². The summed E-state index contributed by atoms with van der Waals surface area (Å²) < 4.78 is 27.4. The van der Waals surface area contributed by atoms with Crippen LogP contribution < -0.4 is 10.0 Å². The molecule has 8 heteroatoms. The highest BCUT2D eigenvalue weighted by atomic mass is 32.2. The molecule has 7 nitrogen and oxygen atoms in total. The first-order valence-electron chi connectivity index (χ1n) is 9.27. The lowest BCUT2D eigenvalue weighted by molar-refractivity contribution is 0.0954. The molecule has 1 heterocycles. The van der Waals surface area contributed by atoms with Gasteiger partial charge < -0.3 is 5.32 Å². The number of sulfonamides is 1. The van der Waals surface area contributed by atoms with Crippen LogP contribution in [0.1, 0.15) is 32.9 Å². The van der Waals surface area contributed by atoms with Crippen molar-refractivity contribution in [1.29, 1.82) is 0 Å². The largest absolute Gasteiger partial charge is 0.351 e.